The maximum atomic E-state index is 13.5. The van der Waals surface area contributed by atoms with Gasteiger partial charge in [0.15, 0.2) is 11.6 Å². The number of aliphatic carboxylic acids is 1. The van der Waals surface area contributed by atoms with Crippen LogP contribution in [0.5, 0.6) is 0 Å². The molecule has 1 saturated heterocycles. The number of carboxylic acid groups (broad SMARTS) is 1. The van der Waals surface area contributed by atoms with Crippen LogP contribution in [-0.2, 0) is 4.79 Å². The number of β-amino-alcohol motifs (C(OH)–C–C–N with tert-alkyl or cyclic N) is 1. The standard InChI is InChI=1S/C12H11F2NO4/c13-8-3-1-2-7(10(8)14)11(17)15-5-6(16)4-9(15)12(18)19/h1-3,6,9,16H,4-5H2,(H,18,19)/t6?,9-/m0/s1. The van der Waals surface area contributed by atoms with Crippen LogP contribution in [0.4, 0.5) is 8.78 Å². The van der Waals surface area contributed by atoms with Gasteiger partial charge in [-0.3, -0.25) is 4.79 Å². The summed E-state index contributed by atoms with van der Waals surface area (Å²) in [5.74, 6) is -4.74. The Bertz CT molecular complexity index is 534. The number of hydrogen-bond acceptors (Lipinski definition) is 3. The van der Waals surface area contributed by atoms with Gasteiger partial charge in [0.1, 0.15) is 6.04 Å². The average Bonchev–Trinajstić information content (AvgIpc) is 2.74. The monoisotopic (exact) mass is 271 g/mol. The number of nitrogens with zero attached hydrogens (tertiary/aromatic N) is 1. The van der Waals surface area contributed by atoms with Crippen molar-refractivity contribution < 1.29 is 28.6 Å². The van der Waals surface area contributed by atoms with Gasteiger partial charge >= 0.3 is 5.97 Å². The number of likely N-dealkylation sites (tertiary alicyclic amines) is 1. The molecule has 7 heteroatoms. The average molecular weight is 271 g/mol. The number of hydrogen-bond donors (Lipinski definition) is 2. The number of carbonyl (C=O) groups excluding carboxylic acids is 1. The summed E-state index contributed by atoms with van der Waals surface area (Å²) >= 11 is 0. The van der Waals surface area contributed by atoms with Gasteiger partial charge in [0, 0.05) is 13.0 Å². The van der Waals surface area contributed by atoms with Crippen molar-refractivity contribution in [1.82, 2.24) is 4.90 Å². The van der Waals surface area contributed by atoms with Crippen molar-refractivity contribution in [2.24, 2.45) is 0 Å². The summed E-state index contributed by atoms with van der Waals surface area (Å²) in [6.45, 7) is -0.217. The first-order valence-electron chi connectivity index (χ1n) is 5.57. The molecule has 0 aromatic heterocycles. The SMILES string of the molecule is O=C(O)[C@@H]1CC(O)CN1C(=O)c1cccc(F)c1F. The molecule has 1 aliphatic heterocycles. The lowest BCUT2D eigenvalue weighted by Gasteiger charge is -2.21. The number of halogens is 2. The summed E-state index contributed by atoms with van der Waals surface area (Å²) in [6.07, 6.45) is -1.11. The number of aliphatic hydroxyl groups is 1. The highest BCUT2D eigenvalue weighted by atomic mass is 19.2. The van der Waals surface area contributed by atoms with Crippen LogP contribution in [-0.4, -0.2) is 45.7 Å². The first kappa shape index (κ1) is 13.4. The third-order valence-electron chi connectivity index (χ3n) is 3.01. The van der Waals surface area contributed by atoms with E-state index in [0.29, 0.717) is 0 Å². The van der Waals surface area contributed by atoms with E-state index in [1.54, 1.807) is 0 Å². The molecule has 0 spiro atoms. The molecular formula is C12H11F2NO4. The normalized spacial score (nSPS) is 22.6. The smallest absolute Gasteiger partial charge is 0.326 e. The second kappa shape index (κ2) is 4.93. The summed E-state index contributed by atoms with van der Waals surface area (Å²) in [4.78, 5) is 23.8. The van der Waals surface area contributed by atoms with E-state index in [1.165, 1.54) is 0 Å². The summed E-state index contributed by atoms with van der Waals surface area (Å²) in [7, 11) is 0. The molecule has 1 aromatic rings. The lowest BCUT2D eigenvalue weighted by molar-refractivity contribution is -0.141. The Hall–Kier alpha value is -2.02. The fraction of sp³-hybridized carbons (Fsp3) is 0.333. The molecule has 1 heterocycles. The minimum atomic E-state index is -1.32. The van der Waals surface area contributed by atoms with Crippen LogP contribution in [0.3, 0.4) is 0 Å². The molecule has 1 aromatic carbocycles. The van der Waals surface area contributed by atoms with Gasteiger partial charge in [-0.05, 0) is 12.1 Å². The zero-order valence-corrected chi connectivity index (χ0v) is 9.72. The number of carboxylic acids is 1. The molecule has 0 aliphatic carbocycles. The summed E-state index contributed by atoms with van der Waals surface area (Å²) < 4.78 is 26.5. The fourth-order valence-electron chi connectivity index (χ4n) is 2.10. The number of amides is 1. The van der Waals surface area contributed by atoms with Crippen LogP contribution in [0.25, 0.3) is 0 Å². The molecule has 19 heavy (non-hydrogen) atoms. The lowest BCUT2D eigenvalue weighted by Crippen LogP contribution is -2.41. The van der Waals surface area contributed by atoms with Gasteiger partial charge in [0.25, 0.3) is 5.91 Å². The molecule has 102 valence electrons. The van der Waals surface area contributed by atoms with E-state index in [2.05, 4.69) is 0 Å². The van der Waals surface area contributed by atoms with Crippen molar-refractivity contribution >= 4 is 11.9 Å². The van der Waals surface area contributed by atoms with Crippen LogP contribution in [0.15, 0.2) is 18.2 Å². The van der Waals surface area contributed by atoms with E-state index in [9.17, 15) is 23.5 Å². The van der Waals surface area contributed by atoms with Gasteiger partial charge < -0.3 is 15.1 Å². The Morgan fingerprint density at radius 1 is 1.32 bits per heavy atom. The van der Waals surface area contributed by atoms with Crippen LogP contribution in [0, 0.1) is 11.6 Å². The summed E-state index contributed by atoms with van der Waals surface area (Å²) in [6, 6.07) is 1.86. The topological polar surface area (TPSA) is 77.8 Å². The molecule has 2 atom stereocenters. The predicted molar refractivity (Wildman–Crippen MR) is 59.4 cm³/mol. The molecule has 5 nitrogen and oxygen atoms in total. The Morgan fingerprint density at radius 3 is 2.63 bits per heavy atom. The molecular weight excluding hydrogens is 260 g/mol. The third kappa shape index (κ3) is 2.41. The van der Waals surface area contributed by atoms with E-state index in [0.717, 1.165) is 23.1 Å². The lowest BCUT2D eigenvalue weighted by atomic mass is 10.1. The van der Waals surface area contributed by atoms with Gasteiger partial charge in [-0.25, -0.2) is 13.6 Å². The molecule has 2 N–H and O–H groups in total. The van der Waals surface area contributed by atoms with Crippen molar-refractivity contribution in [3.63, 3.8) is 0 Å². The minimum Gasteiger partial charge on any atom is -0.480 e. The Morgan fingerprint density at radius 2 is 2.00 bits per heavy atom. The summed E-state index contributed by atoms with van der Waals surface area (Å²) in [5.41, 5.74) is -0.541. The zero-order valence-electron chi connectivity index (χ0n) is 9.72. The van der Waals surface area contributed by atoms with Crippen LogP contribution < -0.4 is 0 Å². The van der Waals surface area contributed by atoms with Gasteiger partial charge in [0.05, 0.1) is 11.7 Å². The number of benzene rings is 1. The second-order valence-electron chi connectivity index (χ2n) is 4.30. The van der Waals surface area contributed by atoms with Gasteiger partial charge in [0.2, 0.25) is 0 Å². The molecule has 1 fully saturated rings. The number of rotatable bonds is 2. The quantitative estimate of drug-likeness (QED) is 0.826. The fourth-order valence-corrected chi connectivity index (χ4v) is 2.10. The molecule has 1 amide bonds. The maximum Gasteiger partial charge on any atom is 0.326 e. The van der Waals surface area contributed by atoms with Crippen LogP contribution >= 0.6 is 0 Å². The van der Waals surface area contributed by atoms with Crippen molar-refractivity contribution in [2.45, 2.75) is 18.6 Å². The Balaban J connectivity index is 2.33. The molecule has 0 saturated carbocycles. The Labute approximate surface area is 107 Å². The van der Waals surface area contributed by atoms with E-state index in [-0.39, 0.29) is 13.0 Å². The highest BCUT2D eigenvalue weighted by Gasteiger charge is 2.40. The molecule has 0 radical (unpaired) electrons. The van der Waals surface area contributed by atoms with Crippen molar-refractivity contribution in [3.8, 4) is 0 Å². The maximum absolute atomic E-state index is 13.5. The second-order valence-corrected chi connectivity index (χ2v) is 4.30. The number of aliphatic hydroxyl groups excluding tert-OH is 1. The van der Waals surface area contributed by atoms with E-state index in [1.807, 2.05) is 0 Å². The highest BCUT2D eigenvalue weighted by Crippen LogP contribution is 2.22. The van der Waals surface area contributed by atoms with E-state index >= 15 is 0 Å². The zero-order chi connectivity index (χ0) is 14.2. The van der Waals surface area contributed by atoms with Gasteiger partial charge in [-0.1, -0.05) is 6.07 Å². The third-order valence-corrected chi connectivity index (χ3v) is 3.01. The van der Waals surface area contributed by atoms with Gasteiger partial charge in [-0.2, -0.15) is 0 Å². The Kier molecular flexibility index (Phi) is 3.48. The first-order chi connectivity index (χ1) is 8.91. The van der Waals surface area contributed by atoms with E-state index < -0.39 is 41.2 Å². The molecule has 0 bridgehead atoms. The minimum absolute atomic E-state index is 0.127. The largest absolute Gasteiger partial charge is 0.480 e. The van der Waals surface area contributed by atoms with Crippen molar-refractivity contribution in [2.75, 3.05) is 6.54 Å². The van der Waals surface area contributed by atoms with Crippen molar-refractivity contribution in [1.29, 1.82) is 0 Å². The first-order valence-corrected chi connectivity index (χ1v) is 5.57. The summed E-state index contributed by atoms with van der Waals surface area (Å²) in [5, 5.41) is 18.4. The van der Waals surface area contributed by atoms with Crippen molar-refractivity contribution in [3.05, 3.63) is 35.4 Å². The van der Waals surface area contributed by atoms with Crippen LogP contribution in [0.1, 0.15) is 16.8 Å². The predicted octanol–water partition coefficient (Wildman–Crippen LogP) is 0.625. The highest BCUT2D eigenvalue weighted by molar-refractivity contribution is 5.97. The van der Waals surface area contributed by atoms with E-state index in [4.69, 9.17) is 5.11 Å². The van der Waals surface area contributed by atoms with Gasteiger partial charge in [-0.15, -0.1) is 0 Å². The molecule has 1 aliphatic rings. The van der Waals surface area contributed by atoms with Crippen LogP contribution in [0.2, 0.25) is 0 Å². The molecule has 2 rings (SSSR count). The number of carbonyl (C=O) groups is 2. The molecule has 1 unspecified atom stereocenters.